The fourth-order valence-corrected chi connectivity index (χ4v) is 2.06. The summed E-state index contributed by atoms with van der Waals surface area (Å²) >= 11 is 4.59. The van der Waals surface area contributed by atoms with E-state index in [2.05, 4.69) is 82.6 Å². The summed E-state index contributed by atoms with van der Waals surface area (Å²) in [6.45, 7) is 6.55. The smallest absolute Gasteiger partial charge is 0.133 e. The van der Waals surface area contributed by atoms with Crippen molar-refractivity contribution in [1.82, 2.24) is 9.55 Å². The van der Waals surface area contributed by atoms with E-state index in [0.717, 1.165) is 9.53 Å². The standard InChI is InChI=1S/C8H12I2N2/c1-8(2,3)7-11-5(9)6(10)12(7)4/h1-4H3. The van der Waals surface area contributed by atoms with Gasteiger partial charge >= 0.3 is 0 Å². The summed E-state index contributed by atoms with van der Waals surface area (Å²) < 4.78 is 4.47. The van der Waals surface area contributed by atoms with Crippen molar-refractivity contribution < 1.29 is 0 Å². The summed E-state index contributed by atoms with van der Waals surface area (Å²) in [7, 11) is 2.07. The topological polar surface area (TPSA) is 17.8 Å². The average Bonchev–Trinajstić information content (AvgIpc) is 2.15. The first-order valence-corrected chi connectivity index (χ1v) is 5.88. The molecule has 4 heteroatoms. The Kier molecular flexibility index (Phi) is 3.08. The number of hydrogen-bond donors (Lipinski definition) is 0. The Morgan fingerprint density at radius 2 is 1.75 bits per heavy atom. The molecule has 68 valence electrons. The van der Waals surface area contributed by atoms with Gasteiger partial charge in [0.2, 0.25) is 0 Å². The molecular formula is C8H12I2N2. The molecule has 0 bridgehead atoms. The van der Waals surface area contributed by atoms with Crippen LogP contribution in [0.5, 0.6) is 0 Å². The molecule has 1 heterocycles. The largest absolute Gasteiger partial charge is 0.325 e. The van der Waals surface area contributed by atoms with Gasteiger partial charge in [0.1, 0.15) is 13.2 Å². The van der Waals surface area contributed by atoms with Crippen LogP contribution < -0.4 is 0 Å². The van der Waals surface area contributed by atoms with Gasteiger partial charge in [-0.25, -0.2) is 4.98 Å². The van der Waals surface area contributed by atoms with Gasteiger partial charge in [0.15, 0.2) is 0 Å². The SMILES string of the molecule is Cn1c(C(C)(C)C)nc(I)c1I. The summed E-state index contributed by atoms with van der Waals surface area (Å²) in [5.41, 5.74) is 0.137. The maximum absolute atomic E-state index is 4.52. The van der Waals surface area contributed by atoms with E-state index in [9.17, 15) is 0 Å². The van der Waals surface area contributed by atoms with Crippen molar-refractivity contribution in [3.63, 3.8) is 0 Å². The number of halogens is 2. The minimum Gasteiger partial charge on any atom is -0.325 e. The van der Waals surface area contributed by atoms with Crippen LogP contribution >= 0.6 is 45.2 Å². The minimum atomic E-state index is 0.137. The highest BCUT2D eigenvalue weighted by atomic mass is 127. The van der Waals surface area contributed by atoms with Gasteiger partial charge in [0, 0.05) is 12.5 Å². The Balaban J connectivity index is 3.28. The molecule has 0 unspecified atom stereocenters. The third kappa shape index (κ3) is 1.94. The molecule has 12 heavy (non-hydrogen) atoms. The lowest BCUT2D eigenvalue weighted by Crippen LogP contribution is -2.17. The Morgan fingerprint density at radius 1 is 1.25 bits per heavy atom. The molecule has 0 spiro atoms. The number of hydrogen-bond acceptors (Lipinski definition) is 1. The van der Waals surface area contributed by atoms with Crippen molar-refractivity contribution in [2.45, 2.75) is 26.2 Å². The molecule has 2 nitrogen and oxygen atoms in total. The van der Waals surface area contributed by atoms with E-state index in [1.54, 1.807) is 0 Å². The van der Waals surface area contributed by atoms with Crippen LogP contribution in [0.15, 0.2) is 0 Å². The summed E-state index contributed by atoms with van der Waals surface area (Å²) in [4.78, 5) is 4.52. The summed E-state index contributed by atoms with van der Waals surface area (Å²) in [6.07, 6.45) is 0. The van der Waals surface area contributed by atoms with Crippen LogP contribution in [0.4, 0.5) is 0 Å². The van der Waals surface area contributed by atoms with Crippen LogP contribution in [-0.2, 0) is 12.5 Å². The number of imidazole rings is 1. The molecule has 1 aromatic heterocycles. The second-order valence-corrected chi connectivity index (χ2v) is 5.87. The zero-order chi connectivity index (χ0) is 9.52. The molecule has 0 saturated carbocycles. The Hall–Kier alpha value is 0.670. The van der Waals surface area contributed by atoms with Gasteiger partial charge in [-0.05, 0) is 45.2 Å². The monoisotopic (exact) mass is 390 g/mol. The van der Waals surface area contributed by atoms with Crippen molar-refractivity contribution in [2.75, 3.05) is 0 Å². The minimum absolute atomic E-state index is 0.137. The lowest BCUT2D eigenvalue weighted by molar-refractivity contribution is 0.520. The maximum atomic E-state index is 4.52. The van der Waals surface area contributed by atoms with Gasteiger partial charge in [-0.1, -0.05) is 20.8 Å². The summed E-state index contributed by atoms with van der Waals surface area (Å²) in [5.74, 6) is 1.15. The average molecular weight is 390 g/mol. The third-order valence-electron chi connectivity index (χ3n) is 1.66. The van der Waals surface area contributed by atoms with Crippen molar-refractivity contribution in [3.8, 4) is 0 Å². The lowest BCUT2D eigenvalue weighted by Gasteiger charge is -2.17. The summed E-state index contributed by atoms with van der Waals surface area (Å²) in [5, 5.41) is 0. The zero-order valence-corrected chi connectivity index (χ0v) is 12.0. The second kappa shape index (κ2) is 3.43. The quantitative estimate of drug-likeness (QED) is 0.624. The van der Waals surface area contributed by atoms with Gasteiger partial charge in [0.25, 0.3) is 0 Å². The van der Waals surface area contributed by atoms with Crippen LogP contribution in [0.1, 0.15) is 26.6 Å². The molecule has 0 N–H and O–H groups in total. The third-order valence-corrected chi connectivity index (χ3v) is 4.68. The maximum Gasteiger partial charge on any atom is 0.133 e. The van der Waals surface area contributed by atoms with Crippen molar-refractivity contribution in [2.24, 2.45) is 7.05 Å². The molecule has 0 amide bonds. The van der Waals surface area contributed by atoms with Gasteiger partial charge in [-0.15, -0.1) is 0 Å². The van der Waals surface area contributed by atoms with E-state index in [4.69, 9.17) is 0 Å². The van der Waals surface area contributed by atoms with E-state index in [1.165, 1.54) is 3.70 Å². The van der Waals surface area contributed by atoms with Crippen LogP contribution in [0.2, 0.25) is 0 Å². The van der Waals surface area contributed by atoms with Gasteiger partial charge in [-0.2, -0.15) is 0 Å². The summed E-state index contributed by atoms with van der Waals surface area (Å²) in [6, 6.07) is 0. The highest BCUT2D eigenvalue weighted by Gasteiger charge is 2.22. The Bertz CT molecular complexity index is 297. The van der Waals surface area contributed by atoms with Crippen molar-refractivity contribution in [1.29, 1.82) is 0 Å². The fourth-order valence-electron chi connectivity index (χ4n) is 1.12. The van der Waals surface area contributed by atoms with Crippen LogP contribution in [0, 0.1) is 7.40 Å². The lowest BCUT2D eigenvalue weighted by atomic mass is 9.96. The fraction of sp³-hybridized carbons (Fsp3) is 0.625. The molecule has 0 atom stereocenters. The zero-order valence-electron chi connectivity index (χ0n) is 7.65. The van der Waals surface area contributed by atoms with Gasteiger partial charge in [-0.3, -0.25) is 0 Å². The van der Waals surface area contributed by atoms with Crippen LogP contribution in [-0.4, -0.2) is 9.55 Å². The Morgan fingerprint density at radius 3 is 1.92 bits per heavy atom. The molecule has 0 fully saturated rings. The van der Waals surface area contributed by atoms with E-state index >= 15 is 0 Å². The highest BCUT2D eigenvalue weighted by Crippen LogP contribution is 2.24. The molecule has 0 saturated heterocycles. The number of aromatic nitrogens is 2. The van der Waals surface area contributed by atoms with Crippen molar-refractivity contribution in [3.05, 3.63) is 13.2 Å². The molecule has 1 aromatic rings. The second-order valence-electron chi connectivity index (χ2n) is 3.83. The first-order chi connectivity index (χ1) is 5.34. The van der Waals surface area contributed by atoms with Crippen LogP contribution in [0.3, 0.4) is 0 Å². The van der Waals surface area contributed by atoms with Crippen molar-refractivity contribution >= 4 is 45.2 Å². The van der Waals surface area contributed by atoms with E-state index in [0.29, 0.717) is 0 Å². The molecular weight excluding hydrogens is 378 g/mol. The molecule has 1 rings (SSSR count). The molecule has 0 aliphatic carbocycles. The van der Waals surface area contributed by atoms with Gasteiger partial charge < -0.3 is 4.57 Å². The predicted molar refractivity (Wildman–Crippen MR) is 67.3 cm³/mol. The molecule has 0 radical (unpaired) electrons. The first kappa shape index (κ1) is 10.7. The van der Waals surface area contributed by atoms with Gasteiger partial charge in [0.05, 0.1) is 0 Å². The van der Waals surface area contributed by atoms with E-state index in [-0.39, 0.29) is 5.41 Å². The first-order valence-electron chi connectivity index (χ1n) is 3.72. The van der Waals surface area contributed by atoms with E-state index < -0.39 is 0 Å². The number of nitrogens with zero attached hydrogens (tertiary/aromatic N) is 2. The normalized spacial score (nSPS) is 12.2. The molecule has 0 aliphatic heterocycles. The molecule has 0 aliphatic rings. The Labute approximate surface area is 100 Å². The number of rotatable bonds is 0. The van der Waals surface area contributed by atoms with E-state index in [1.807, 2.05) is 0 Å². The molecule has 0 aromatic carbocycles. The van der Waals surface area contributed by atoms with Crippen LogP contribution in [0.25, 0.3) is 0 Å². The predicted octanol–water partition coefficient (Wildman–Crippen LogP) is 2.93. The highest BCUT2D eigenvalue weighted by molar-refractivity contribution is 14.1.